The van der Waals surface area contributed by atoms with Crippen molar-refractivity contribution in [3.05, 3.63) is 64.9 Å². The first-order valence-electron chi connectivity index (χ1n) is 10.7. The molecule has 1 aromatic carbocycles. The van der Waals surface area contributed by atoms with E-state index in [-0.39, 0.29) is 17.3 Å². The Morgan fingerprint density at radius 3 is 2.68 bits per heavy atom. The molecule has 12 nitrogen and oxygen atoms in total. The van der Waals surface area contributed by atoms with Crippen molar-refractivity contribution < 1.29 is 4.42 Å². The van der Waals surface area contributed by atoms with E-state index >= 15 is 0 Å². The van der Waals surface area contributed by atoms with Gasteiger partial charge in [-0.1, -0.05) is 25.1 Å². The van der Waals surface area contributed by atoms with E-state index in [0.29, 0.717) is 46.2 Å². The quantitative estimate of drug-likeness (QED) is 0.387. The van der Waals surface area contributed by atoms with Crippen LogP contribution in [0.15, 0.2) is 52.1 Å². The molecule has 0 aliphatic heterocycles. The molecule has 12 heteroatoms. The Labute approximate surface area is 193 Å². The van der Waals surface area contributed by atoms with Gasteiger partial charge in [-0.25, -0.2) is 15.0 Å². The molecule has 1 atom stereocenters. The van der Waals surface area contributed by atoms with E-state index in [0.717, 1.165) is 0 Å². The van der Waals surface area contributed by atoms with Crippen molar-refractivity contribution in [1.82, 2.24) is 39.5 Å². The van der Waals surface area contributed by atoms with Gasteiger partial charge in [0.15, 0.2) is 5.65 Å². The first kappa shape index (κ1) is 21.2. The second-order valence-electron chi connectivity index (χ2n) is 7.67. The molecule has 0 aliphatic carbocycles. The summed E-state index contributed by atoms with van der Waals surface area (Å²) in [5, 5.41) is 16.0. The zero-order valence-electron chi connectivity index (χ0n) is 18.8. The Balaban J connectivity index is 1.69. The zero-order chi connectivity index (χ0) is 23.8. The van der Waals surface area contributed by atoms with E-state index in [1.165, 1.54) is 12.5 Å². The summed E-state index contributed by atoms with van der Waals surface area (Å²) in [7, 11) is 1.75. The smallest absolute Gasteiger partial charge is 0.269 e. The van der Waals surface area contributed by atoms with E-state index < -0.39 is 6.04 Å². The third kappa shape index (κ3) is 3.54. The van der Waals surface area contributed by atoms with Crippen LogP contribution in [0.1, 0.15) is 31.1 Å². The normalized spacial score (nSPS) is 12.2. The lowest BCUT2D eigenvalue weighted by Crippen LogP contribution is -2.28. The van der Waals surface area contributed by atoms with Crippen LogP contribution in [0.3, 0.4) is 0 Å². The van der Waals surface area contributed by atoms with Gasteiger partial charge in [-0.15, -0.1) is 10.2 Å². The maximum atomic E-state index is 13.5. The second-order valence-corrected chi connectivity index (χ2v) is 7.67. The molecular formula is C22H22N10O2. The Morgan fingerprint density at radius 2 is 1.97 bits per heavy atom. The molecule has 0 saturated heterocycles. The van der Waals surface area contributed by atoms with Gasteiger partial charge in [0.2, 0.25) is 5.89 Å². The number of para-hydroxylation sites is 1. The van der Waals surface area contributed by atoms with E-state index in [1.807, 2.05) is 37.3 Å². The van der Waals surface area contributed by atoms with Crippen LogP contribution in [0, 0.1) is 6.92 Å². The molecule has 172 valence electrons. The summed E-state index contributed by atoms with van der Waals surface area (Å²) >= 11 is 0. The van der Waals surface area contributed by atoms with Crippen LogP contribution in [-0.2, 0) is 7.05 Å². The Morgan fingerprint density at radius 1 is 1.18 bits per heavy atom. The number of nitrogens with zero attached hydrogens (tertiary/aromatic N) is 8. The highest BCUT2D eigenvalue weighted by molar-refractivity contribution is 5.79. The summed E-state index contributed by atoms with van der Waals surface area (Å²) in [6.45, 7) is 3.66. The first-order valence-corrected chi connectivity index (χ1v) is 10.7. The van der Waals surface area contributed by atoms with Crippen LogP contribution >= 0.6 is 0 Å². The molecule has 5 aromatic rings. The fraction of sp³-hybridized carbons (Fsp3) is 0.227. The van der Waals surface area contributed by atoms with E-state index in [2.05, 4.69) is 30.6 Å². The van der Waals surface area contributed by atoms with Gasteiger partial charge in [-0.3, -0.25) is 14.0 Å². The maximum Gasteiger partial charge on any atom is 0.269 e. The number of nitrogens with two attached hydrogens (primary N) is 1. The number of nitrogen functional groups attached to an aromatic ring is 1. The number of hydrogen-bond acceptors (Lipinski definition) is 10. The van der Waals surface area contributed by atoms with Gasteiger partial charge in [0.05, 0.1) is 17.9 Å². The molecule has 4 heterocycles. The molecule has 0 radical (unpaired) electrons. The minimum absolute atomic E-state index is 0.187. The van der Waals surface area contributed by atoms with Crippen LogP contribution < -0.4 is 16.6 Å². The number of anilines is 2. The molecular weight excluding hydrogens is 436 g/mol. The van der Waals surface area contributed by atoms with Crippen molar-refractivity contribution in [2.45, 2.75) is 26.3 Å². The van der Waals surface area contributed by atoms with Crippen molar-refractivity contribution >= 4 is 22.7 Å². The molecule has 0 bridgehead atoms. The minimum Gasteiger partial charge on any atom is -0.421 e. The Kier molecular flexibility index (Phi) is 5.24. The summed E-state index contributed by atoms with van der Waals surface area (Å²) in [6.07, 6.45) is 3.46. The molecule has 0 unspecified atom stereocenters. The lowest BCUT2D eigenvalue weighted by Gasteiger charge is -2.22. The number of benzene rings is 1. The summed E-state index contributed by atoms with van der Waals surface area (Å²) in [6, 6.07) is 8.92. The maximum absolute atomic E-state index is 13.5. The van der Waals surface area contributed by atoms with Gasteiger partial charge in [0.25, 0.3) is 11.4 Å². The molecule has 0 aliphatic rings. The van der Waals surface area contributed by atoms with Crippen molar-refractivity contribution in [2.24, 2.45) is 7.05 Å². The number of nitrogens with one attached hydrogen (secondary N) is 1. The molecule has 34 heavy (non-hydrogen) atoms. The molecule has 4 aromatic heterocycles. The third-order valence-electron chi connectivity index (χ3n) is 5.45. The van der Waals surface area contributed by atoms with Crippen LogP contribution in [0.25, 0.3) is 28.2 Å². The lowest BCUT2D eigenvalue weighted by atomic mass is 10.1. The van der Waals surface area contributed by atoms with Gasteiger partial charge in [0.1, 0.15) is 34.7 Å². The number of hydrogen-bond donors (Lipinski definition) is 2. The molecule has 3 N–H and O–H groups in total. The highest BCUT2D eigenvalue weighted by atomic mass is 16.4. The highest BCUT2D eigenvalue weighted by Crippen LogP contribution is 2.32. The van der Waals surface area contributed by atoms with Crippen LogP contribution in [0.2, 0.25) is 0 Å². The second kappa shape index (κ2) is 8.39. The molecule has 0 fully saturated rings. The standard InChI is InChI=1S/C22H22N10O2/c1-4-15(27-18-16(17(23)24-11-25-18)21-30-29-12(2)34-21)20-28-19-14(10-26-31(19)3)22(33)32(20)13-8-6-5-7-9-13/h5-11,15H,4H2,1-3H3,(H3,23,24,25,27)/t15-/m0/s1. The fourth-order valence-electron chi connectivity index (χ4n) is 3.79. The summed E-state index contributed by atoms with van der Waals surface area (Å²) in [4.78, 5) is 26.8. The predicted molar refractivity (Wildman–Crippen MR) is 125 cm³/mol. The number of rotatable bonds is 6. The topological polar surface area (TPSA) is 155 Å². The molecule has 5 rings (SSSR count). The molecule has 0 amide bonds. The van der Waals surface area contributed by atoms with Gasteiger partial charge in [0, 0.05) is 14.0 Å². The van der Waals surface area contributed by atoms with Crippen molar-refractivity contribution in [1.29, 1.82) is 0 Å². The SMILES string of the molecule is CC[C@H](Nc1ncnc(N)c1-c1nnc(C)o1)c1nc2c(cnn2C)c(=O)n1-c1ccccc1. The minimum atomic E-state index is -0.427. The summed E-state index contributed by atoms with van der Waals surface area (Å²) in [5.41, 5.74) is 7.49. The van der Waals surface area contributed by atoms with Crippen molar-refractivity contribution in [3.8, 4) is 17.1 Å². The first-order chi connectivity index (χ1) is 16.5. The molecule has 0 spiro atoms. The number of fused-ring (bicyclic) bond motifs is 1. The van der Waals surface area contributed by atoms with Crippen molar-refractivity contribution in [3.63, 3.8) is 0 Å². The summed E-state index contributed by atoms with van der Waals surface area (Å²) < 4.78 is 8.75. The molecule has 0 saturated carbocycles. The lowest BCUT2D eigenvalue weighted by molar-refractivity contribution is 0.532. The van der Waals surface area contributed by atoms with Crippen LogP contribution in [-0.4, -0.2) is 39.5 Å². The van der Waals surface area contributed by atoms with E-state index in [1.54, 1.807) is 23.2 Å². The Hall–Kier alpha value is -4.61. The van der Waals surface area contributed by atoms with Crippen LogP contribution in [0.4, 0.5) is 11.6 Å². The van der Waals surface area contributed by atoms with Gasteiger partial charge < -0.3 is 15.5 Å². The number of aryl methyl sites for hydroxylation is 2. The van der Waals surface area contributed by atoms with Gasteiger partial charge in [-0.05, 0) is 18.6 Å². The van der Waals surface area contributed by atoms with Gasteiger partial charge >= 0.3 is 0 Å². The predicted octanol–water partition coefficient (Wildman–Crippen LogP) is 2.41. The average molecular weight is 458 g/mol. The Bertz CT molecular complexity index is 1540. The highest BCUT2D eigenvalue weighted by Gasteiger charge is 2.25. The number of aromatic nitrogens is 8. The largest absolute Gasteiger partial charge is 0.421 e. The van der Waals surface area contributed by atoms with Crippen molar-refractivity contribution in [2.75, 3.05) is 11.1 Å². The fourth-order valence-corrected chi connectivity index (χ4v) is 3.79. The third-order valence-corrected chi connectivity index (χ3v) is 5.45. The summed E-state index contributed by atoms with van der Waals surface area (Å²) in [5.74, 6) is 1.66. The van der Waals surface area contributed by atoms with Crippen LogP contribution in [0.5, 0.6) is 0 Å². The van der Waals surface area contributed by atoms with E-state index in [9.17, 15) is 4.79 Å². The van der Waals surface area contributed by atoms with Gasteiger partial charge in [-0.2, -0.15) is 5.10 Å². The zero-order valence-corrected chi connectivity index (χ0v) is 18.8. The monoisotopic (exact) mass is 458 g/mol. The average Bonchev–Trinajstić information content (AvgIpc) is 3.43. The van der Waals surface area contributed by atoms with E-state index in [4.69, 9.17) is 15.1 Å².